The zero-order valence-electron chi connectivity index (χ0n) is 12.5. The molecule has 1 aromatic carbocycles. The van der Waals surface area contributed by atoms with Crippen molar-refractivity contribution in [2.45, 2.75) is 31.4 Å². The number of carbonyl (C=O) groups is 3. The van der Waals surface area contributed by atoms with Crippen molar-refractivity contribution in [3.8, 4) is 0 Å². The molecule has 23 heavy (non-hydrogen) atoms. The van der Waals surface area contributed by atoms with Gasteiger partial charge in [0.2, 0.25) is 5.91 Å². The Morgan fingerprint density at radius 3 is 2.87 bits per heavy atom. The van der Waals surface area contributed by atoms with E-state index < -0.39 is 18.1 Å². The number of ether oxygens (including phenoxy) is 1. The lowest BCUT2D eigenvalue weighted by Gasteiger charge is -2.18. The normalized spacial score (nSPS) is 24.0. The molecule has 2 fully saturated rings. The first kappa shape index (κ1) is 15.5. The summed E-state index contributed by atoms with van der Waals surface area (Å²) >= 11 is 0. The van der Waals surface area contributed by atoms with Crippen LogP contribution in [0.4, 0.5) is 5.69 Å². The molecule has 0 bridgehead atoms. The maximum Gasteiger partial charge on any atom is 0.334 e. The lowest BCUT2D eigenvalue weighted by atomic mass is 10.1. The largest absolute Gasteiger partial charge is 0.479 e. The number of hydrogen-bond acceptors (Lipinski definition) is 4. The first-order valence-electron chi connectivity index (χ1n) is 7.62. The number of anilines is 1. The second-order valence-electron chi connectivity index (χ2n) is 5.70. The first-order chi connectivity index (χ1) is 11.1. The van der Waals surface area contributed by atoms with Crippen molar-refractivity contribution in [2.24, 2.45) is 0 Å². The Kier molecular flexibility index (Phi) is 4.29. The van der Waals surface area contributed by atoms with Gasteiger partial charge in [0.1, 0.15) is 0 Å². The van der Waals surface area contributed by atoms with E-state index in [2.05, 4.69) is 5.32 Å². The van der Waals surface area contributed by atoms with Gasteiger partial charge in [-0.25, -0.2) is 4.79 Å². The molecule has 2 heterocycles. The van der Waals surface area contributed by atoms with Crippen molar-refractivity contribution in [1.29, 1.82) is 0 Å². The van der Waals surface area contributed by atoms with Gasteiger partial charge in [-0.2, -0.15) is 0 Å². The van der Waals surface area contributed by atoms with E-state index in [0.29, 0.717) is 37.2 Å². The number of rotatable bonds is 4. The summed E-state index contributed by atoms with van der Waals surface area (Å²) in [4.78, 5) is 36.9. The van der Waals surface area contributed by atoms with E-state index in [1.54, 1.807) is 29.2 Å². The van der Waals surface area contributed by atoms with Crippen LogP contribution >= 0.6 is 0 Å². The van der Waals surface area contributed by atoms with Gasteiger partial charge < -0.3 is 20.1 Å². The van der Waals surface area contributed by atoms with Crippen LogP contribution < -0.4 is 10.2 Å². The molecule has 3 rings (SSSR count). The average molecular weight is 318 g/mol. The van der Waals surface area contributed by atoms with Crippen LogP contribution in [0.15, 0.2) is 24.3 Å². The Morgan fingerprint density at radius 1 is 1.35 bits per heavy atom. The highest BCUT2D eigenvalue weighted by Crippen LogP contribution is 2.22. The van der Waals surface area contributed by atoms with Gasteiger partial charge in [-0.1, -0.05) is 6.07 Å². The molecule has 0 aliphatic carbocycles. The van der Waals surface area contributed by atoms with E-state index >= 15 is 0 Å². The monoisotopic (exact) mass is 318 g/mol. The molecule has 7 heteroatoms. The smallest absolute Gasteiger partial charge is 0.334 e. The van der Waals surface area contributed by atoms with Crippen molar-refractivity contribution in [1.82, 2.24) is 5.32 Å². The van der Waals surface area contributed by atoms with E-state index in [-0.39, 0.29) is 11.8 Å². The summed E-state index contributed by atoms with van der Waals surface area (Å²) in [5, 5.41) is 11.8. The van der Waals surface area contributed by atoms with Crippen molar-refractivity contribution in [3.05, 3.63) is 29.8 Å². The molecule has 0 radical (unpaired) electrons. The van der Waals surface area contributed by atoms with Gasteiger partial charge >= 0.3 is 5.97 Å². The van der Waals surface area contributed by atoms with Gasteiger partial charge in [0.25, 0.3) is 5.91 Å². The third-order valence-electron chi connectivity index (χ3n) is 4.15. The third-order valence-corrected chi connectivity index (χ3v) is 4.15. The number of hydrogen-bond donors (Lipinski definition) is 2. The van der Waals surface area contributed by atoms with Gasteiger partial charge in [-0.3, -0.25) is 9.59 Å². The first-order valence-corrected chi connectivity index (χ1v) is 7.62. The molecule has 2 N–H and O–H groups in total. The van der Waals surface area contributed by atoms with Gasteiger partial charge in [-0.05, 0) is 31.0 Å². The Labute approximate surface area is 133 Å². The number of carbonyl (C=O) groups excluding carboxylic acids is 2. The lowest BCUT2D eigenvalue weighted by Crippen LogP contribution is -2.44. The molecule has 2 saturated heterocycles. The highest BCUT2D eigenvalue weighted by Gasteiger charge is 2.35. The molecule has 0 spiro atoms. The summed E-state index contributed by atoms with van der Waals surface area (Å²) in [5.74, 6) is -1.39. The molecule has 122 valence electrons. The molecular formula is C16H18N2O5. The Hall–Kier alpha value is -2.41. The molecule has 7 nitrogen and oxygen atoms in total. The van der Waals surface area contributed by atoms with Crippen molar-refractivity contribution in [2.75, 3.05) is 18.1 Å². The van der Waals surface area contributed by atoms with Gasteiger partial charge in [-0.15, -0.1) is 0 Å². The molecule has 2 amide bonds. The van der Waals surface area contributed by atoms with Crippen LogP contribution in [-0.4, -0.2) is 48.2 Å². The van der Waals surface area contributed by atoms with E-state index in [1.807, 2.05) is 0 Å². The van der Waals surface area contributed by atoms with Gasteiger partial charge in [0.05, 0.1) is 6.04 Å². The third kappa shape index (κ3) is 3.19. The van der Waals surface area contributed by atoms with E-state index in [4.69, 9.17) is 9.84 Å². The van der Waals surface area contributed by atoms with E-state index in [9.17, 15) is 14.4 Å². The number of nitrogens with one attached hydrogen (secondary N) is 1. The van der Waals surface area contributed by atoms with Crippen LogP contribution in [0.1, 0.15) is 29.6 Å². The molecule has 2 aliphatic rings. The number of carboxylic acids is 1. The van der Waals surface area contributed by atoms with Crippen LogP contribution in [0.25, 0.3) is 0 Å². The number of amides is 2. The molecule has 2 atom stereocenters. The summed E-state index contributed by atoms with van der Waals surface area (Å²) in [5.41, 5.74) is 1.09. The number of benzene rings is 1. The number of nitrogens with zero attached hydrogens (tertiary/aromatic N) is 1. The Bertz CT molecular complexity index is 645. The Morgan fingerprint density at radius 2 is 2.17 bits per heavy atom. The van der Waals surface area contributed by atoms with E-state index in [1.165, 1.54) is 0 Å². The zero-order valence-corrected chi connectivity index (χ0v) is 12.5. The number of carboxylic acid groups (broad SMARTS) is 1. The summed E-state index contributed by atoms with van der Waals surface area (Å²) < 4.78 is 5.12. The summed E-state index contributed by atoms with van der Waals surface area (Å²) in [7, 11) is 0. The molecule has 0 saturated carbocycles. The zero-order chi connectivity index (χ0) is 16.4. The maximum absolute atomic E-state index is 12.4. The fourth-order valence-electron chi connectivity index (χ4n) is 2.97. The predicted octanol–water partition coefficient (Wildman–Crippen LogP) is 0.785. The van der Waals surface area contributed by atoms with Crippen LogP contribution in [-0.2, 0) is 14.3 Å². The lowest BCUT2D eigenvalue weighted by molar-refractivity contribution is -0.148. The van der Waals surface area contributed by atoms with Gasteiger partial charge in [0.15, 0.2) is 6.10 Å². The molecule has 0 unspecified atom stereocenters. The summed E-state index contributed by atoms with van der Waals surface area (Å²) in [6, 6.07) is 6.26. The fourth-order valence-corrected chi connectivity index (χ4v) is 2.97. The molecular weight excluding hydrogens is 300 g/mol. The van der Waals surface area contributed by atoms with Crippen LogP contribution in [0.5, 0.6) is 0 Å². The topological polar surface area (TPSA) is 95.9 Å². The van der Waals surface area contributed by atoms with Gasteiger partial charge in [0, 0.05) is 30.8 Å². The minimum Gasteiger partial charge on any atom is -0.479 e. The highest BCUT2D eigenvalue weighted by atomic mass is 16.5. The predicted molar refractivity (Wildman–Crippen MR) is 81.3 cm³/mol. The quantitative estimate of drug-likeness (QED) is 0.855. The minimum absolute atomic E-state index is 0.0534. The van der Waals surface area contributed by atoms with Crippen LogP contribution in [0, 0.1) is 0 Å². The van der Waals surface area contributed by atoms with Crippen LogP contribution in [0.3, 0.4) is 0 Å². The van der Waals surface area contributed by atoms with Crippen molar-refractivity contribution in [3.63, 3.8) is 0 Å². The van der Waals surface area contributed by atoms with E-state index in [0.717, 1.165) is 6.42 Å². The summed E-state index contributed by atoms with van der Waals surface area (Å²) in [6.07, 6.45) is 0.792. The van der Waals surface area contributed by atoms with Crippen molar-refractivity contribution >= 4 is 23.5 Å². The second kappa shape index (κ2) is 6.37. The second-order valence-corrected chi connectivity index (χ2v) is 5.70. The maximum atomic E-state index is 12.4. The minimum atomic E-state index is -1.08. The fraction of sp³-hybridized carbons (Fsp3) is 0.438. The molecule has 0 aromatic heterocycles. The molecule has 1 aromatic rings. The average Bonchev–Trinajstić information content (AvgIpc) is 3.16. The Balaban J connectivity index is 1.72. The summed E-state index contributed by atoms with van der Waals surface area (Å²) in [6.45, 7) is 0.964. The SMILES string of the molecule is O=C(N[C@H]1CCO[C@H]1C(=O)O)c1cccc(N2CCCC2=O)c1. The van der Waals surface area contributed by atoms with Crippen LogP contribution in [0.2, 0.25) is 0 Å². The number of aliphatic carboxylic acids is 1. The standard InChI is InChI=1S/C16H18N2O5/c19-13-5-2-7-18(13)11-4-1-3-10(9-11)15(20)17-12-6-8-23-14(12)16(21)22/h1,3-4,9,12,14H,2,5-8H2,(H,17,20)(H,21,22)/t12-,14+/m0/s1. The molecule has 2 aliphatic heterocycles. The van der Waals surface area contributed by atoms with Crippen molar-refractivity contribution < 1.29 is 24.2 Å². The highest BCUT2D eigenvalue weighted by molar-refractivity contribution is 5.99.